The van der Waals surface area contributed by atoms with Crippen LogP contribution in [0.15, 0.2) is 0 Å². The first-order valence-corrected chi connectivity index (χ1v) is 0.761. The van der Waals surface area contributed by atoms with E-state index in [9.17, 15) is 0 Å². The van der Waals surface area contributed by atoms with E-state index in [1.165, 1.54) is 0 Å². The van der Waals surface area contributed by atoms with E-state index in [-0.39, 0.29) is 0 Å². The molecule has 0 spiro atoms. The third-order valence-electron chi connectivity index (χ3n) is 0. The Bertz CT molecular complexity index is 3.25. The van der Waals surface area contributed by atoms with Gasteiger partial charge in [0.15, 0.2) is 0 Å². The van der Waals surface area contributed by atoms with Gasteiger partial charge in [0.1, 0.15) is 0 Å². The predicted molar refractivity (Wildman–Crippen MR) is 5.94 cm³/mol. The van der Waals surface area contributed by atoms with Gasteiger partial charge in [0.05, 0.1) is 0 Å². The van der Waals surface area contributed by atoms with Gasteiger partial charge in [-0.15, -0.1) is 0 Å². The van der Waals surface area contributed by atoms with Crippen LogP contribution in [0.2, 0.25) is 0 Å². The summed E-state index contributed by atoms with van der Waals surface area (Å²) in [5.41, 5.74) is 0. The quantitative estimate of drug-likeness (QED) is 0.337. The molecule has 4 heavy (non-hydrogen) atoms. The average molecular weight is 109 g/mol. The molecule has 0 aliphatic heterocycles. The Morgan fingerprint density at radius 2 is 1.25 bits per heavy atom. The first-order valence-electron chi connectivity index (χ1n) is 0.336. The Labute approximate surface area is 31.0 Å². The van der Waals surface area contributed by atoms with E-state index < -0.39 is 0 Å². The summed E-state index contributed by atoms with van der Waals surface area (Å²) in [6.45, 7) is 0. The SMILES string of the molecule is OO.[O]=[Co]. The molecule has 4 heteroatoms. The third kappa shape index (κ3) is 65.3. The molecule has 0 radical (unpaired) electrons. The van der Waals surface area contributed by atoms with Gasteiger partial charge in [-0.3, -0.25) is 10.5 Å². The van der Waals surface area contributed by atoms with Crippen molar-refractivity contribution in [3.8, 4) is 0 Å². The summed E-state index contributed by atoms with van der Waals surface area (Å²) in [5, 5.41) is 12.0. The van der Waals surface area contributed by atoms with Crippen LogP contribution in [0.4, 0.5) is 0 Å². The van der Waals surface area contributed by atoms with Gasteiger partial charge in [0.25, 0.3) is 0 Å². The van der Waals surface area contributed by atoms with Gasteiger partial charge in [-0.25, -0.2) is 0 Å². The van der Waals surface area contributed by atoms with E-state index in [1.54, 1.807) is 0 Å². The van der Waals surface area contributed by atoms with Crippen molar-refractivity contribution in [3.63, 3.8) is 0 Å². The van der Waals surface area contributed by atoms with Crippen LogP contribution in [0.5, 0.6) is 0 Å². The maximum atomic E-state index is 7.94. The Hall–Kier alpha value is 0.226. The Balaban J connectivity index is 0. The van der Waals surface area contributed by atoms with Crippen molar-refractivity contribution in [2.45, 2.75) is 0 Å². The van der Waals surface area contributed by atoms with Crippen molar-refractivity contribution in [1.82, 2.24) is 0 Å². The molecule has 0 saturated carbocycles. The van der Waals surface area contributed by atoms with Crippen LogP contribution in [-0.4, -0.2) is 10.5 Å². The normalized spacial score (nSPS) is 2.75. The summed E-state index contributed by atoms with van der Waals surface area (Å²) in [6.07, 6.45) is 0. The Morgan fingerprint density at radius 1 is 1.25 bits per heavy atom. The summed E-state index contributed by atoms with van der Waals surface area (Å²) in [5.74, 6) is 0. The van der Waals surface area contributed by atoms with Crippen molar-refractivity contribution < 1.29 is 30.0 Å². The van der Waals surface area contributed by atoms with Crippen LogP contribution in [-0.2, 0) is 19.5 Å². The fourth-order valence-electron chi connectivity index (χ4n) is 0. The van der Waals surface area contributed by atoms with Crippen molar-refractivity contribution in [1.29, 1.82) is 0 Å². The number of hydrogen-bond donors (Lipinski definition) is 2. The zero-order valence-corrected chi connectivity index (χ0v) is 2.68. The molecule has 0 heterocycles. The molecule has 3 nitrogen and oxygen atoms in total. The standard InChI is InChI=1S/Co.H2O2.O/c;1-2;/h;1-2H;. The fraction of sp³-hybridized carbons (Fsp3) is 0. The van der Waals surface area contributed by atoms with Gasteiger partial charge in [-0.2, -0.15) is 0 Å². The first kappa shape index (κ1) is 8.88. The van der Waals surface area contributed by atoms with E-state index in [1.807, 2.05) is 0 Å². The minimum atomic E-state index is 2.31. The average Bonchev–Trinajstić information content (AvgIpc) is 1.50. The second kappa shape index (κ2) is 312. The number of hydrogen-bond acceptors (Lipinski definition) is 3. The predicted octanol–water partition coefficient (Wildman–Crippen LogP) is -0.104. The van der Waals surface area contributed by atoms with Crippen molar-refractivity contribution in [2.75, 3.05) is 0 Å². The van der Waals surface area contributed by atoms with Gasteiger partial charge in [0, 0.05) is 0 Å². The molecule has 0 aliphatic carbocycles. The molecule has 0 rings (SSSR count). The molecule has 0 unspecified atom stereocenters. The molecule has 2 N–H and O–H groups in total. The zero-order chi connectivity index (χ0) is 4.00. The summed E-state index contributed by atoms with van der Waals surface area (Å²) >= 11 is 2.31. The fourth-order valence-corrected chi connectivity index (χ4v) is 0. The topological polar surface area (TPSA) is 57.5 Å². The van der Waals surface area contributed by atoms with Gasteiger partial charge >= 0.3 is 19.5 Å². The molecule has 0 bridgehead atoms. The minimum absolute atomic E-state index is 2.31. The molecule has 0 aliphatic rings. The van der Waals surface area contributed by atoms with Crippen LogP contribution in [0.3, 0.4) is 0 Å². The third-order valence-corrected chi connectivity index (χ3v) is 0. The zero-order valence-electron chi connectivity index (χ0n) is 1.64. The number of rotatable bonds is 0. The van der Waals surface area contributed by atoms with Gasteiger partial charge in [-0.05, 0) is 0 Å². The van der Waals surface area contributed by atoms with Crippen LogP contribution in [0, 0.1) is 0 Å². The monoisotopic (exact) mass is 109 g/mol. The molecule has 0 aromatic heterocycles. The van der Waals surface area contributed by atoms with Crippen LogP contribution < -0.4 is 0 Å². The van der Waals surface area contributed by atoms with Crippen molar-refractivity contribution in [2.24, 2.45) is 0 Å². The van der Waals surface area contributed by atoms with Gasteiger partial charge in [-0.1, -0.05) is 0 Å². The molecule has 0 aromatic carbocycles. The molecule has 29 valence electrons. The molecule has 0 saturated heterocycles. The molecular weight excluding hydrogens is 107 g/mol. The van der Waals surface area contributed by atoms with Crippen molar-refractivity contribution in [3.05, 3.63) is 0 Å². The van der Waals surface area contributed by atoms with E-state index >= 15 is 0 Å². The maximum absolute atomic E-state index is 7.94. The molecule has 0 aromatic rings. The second-order valence-corrected chi connectivity index (χ2v) is 0. The molecular formula is H2CoO3. The molecule has 0 amide bonds. The van der Waals surface area contributed by atoms with E-state index in [2.05, 4.69) is 15.7 Å². The summed E-state index contributed by atoms with van der Waals surface area (Å²) in [7, 11) is 0. The molecule has 0 atom stereocenters. The summed E-state index contributed by atoms with van der Waals surface area (Å²) in [4.78, 5) is 0. The van der Waals surface area contributed by atoms with E-state index in [4.69, 9.17) is 14.4 Å². The van der Waals surface area contributed by atoms with Crippen molar-refractivity contribution >= 4 is 0 Å². The van der Waals surface area contributed by atoms with Gasteiger partial charge in [0.2, 0.25) is 0 Å². The van der Waals surface area contributed by atoms with Crippen LogP contribution >= 0.6 is 0 Å². The summed E-state index contributed by atoms with van der Waals surface area (Å²) in [6, 6.07) is 0. The Kier molecular flexibility index (Phi) is 692. The Morgan fingerprint density at radius 3 is 1.25 bits per heavy atom. The molecule has 0 fully saturated rings. The first-order chi connectivity index (χ1) is 2.00. The van der Waals surface area contributed by atoms with Crippen LogP contribution in [0.25, 0.3) is 0 Å². The van der Waals surface area contributed by atoms with Gasteiger partial charge < -0.3 is 0 Å². The summed E-state index contributed by atoms with van der Waals surface area (Å²) < 4.78 is 7.94. The van der Waals surface area contributed by atoms with Crippen LogP contribution in [0.1, 0.15) is 0 Å². The van der Waals surface area contributed by atoms with E-state index in [0.717, 1.165) is 0 Å². The second-order valence-electron chi connectivity index (χ2n) is 0. The van der Waals surface area contributed by atoms with E-state index in [0.29, 0.717) is 0 Å².